The van der Waals surface area contributed by atoms with Gasteiger partial charge in [-0.1, -0.05) is 146 Å². The van der Waals surface area contributed by atoms with E-state index in [2.05, 4.69) is 6.07 Å². The molecule has 0 fully saturated rings. The molecule has 0 spiro atoms. The number of hydrogen-bond donors (Lipinski definition) is 0. The van der Waals surface area contributed by atoms with Crippen molar-refractivity contribution in [2.45, 2.75) is 0 Å². The monoisotopic (exact) mass is 733 g/mol. The van der Waals surface area contributed by atoms with E-state index in [4.69, 9.17) is 34.6 Å². The lowest BCUT2D eigenvalue weighted by atomic mass is 9.99. The number of rotatable bonds is 9. The fraction of sp³-hybridized carbons (Fsp3) is 0. The molecule has 0 N–H and O–H groups in total. The van der Waals surface area contributed by atoms with Crippen LogP contribution >= 0.6 is 0 Å². The molecule has 8 nitrogen and oxygen atoms in total. The third-order valence-electron chi connectivity index (χ3n) is 9.34. The molecule has 0 aliphatic heterocycles. The number of aromatic nitrogens is 6. The maximum atomic E-state index is 9.66. The Hall–Kier alpha value is -8.15. The second-order valence-corrected chi connectivity index (χ2v) is 13.1. The SMILES string of the molecule is N#Cc1ccccc1-c1ccc(-c2nc(-c3ccccc3)nc(-c3ccccc3Oc3ccc(-c4nc(-c5ccccc5)nc(-c5ccccc5)n4)cc3)n2)cc1. The van der Waals surface area contributed by atoms with Crippen LogP contribution in [0.15, 0.2) is 188 Å². The molecule has 9 aromatic rings. The Kier molecular flexibility index (Phi) is 9.52. The molecule has 0 amide bonds. The Balaban J connectivity index is 1.05. The molecule has 9 rings (SSSR count). The van der Waals surface area contributed by atoms with Gasteiger partial charge in [-0.05, 0) is 53.6 Å². The molecule has 7 aromatic carbocycles. The summed E-state index contributed by atoms with van der Waals surface area (Å²) >= 11 is 0. The normalized spacial score (nSPS) is 10.8. The average Bonchev–Trinajstić information content (AvgIpc) is 3.30. The number of ether oxygens (including phenoxy) is 1. The van der Waals surface area contributed by atoms with Gasteiger partial charge in [0.2, 0.25) is 0 Å². The Morgan fingerprint density at radius 2 is 0.667 bits per heavy atom. The predicted molar refractivity (Wildman–Crippen MR) is 222 cm³/mol. The van der Waals surface area contributed by atoms with Gasteiger partial charge in [-0.25, -0.2) is 29.9 Å². The van der Waals surface area contributed by atoms with Crippen LogP contribution in [0.1, 0.15) is 5.56 Å². The molecule has 0 unspecified atom stereocenters. The van der Waals surface area contributed by atoms with Crippen LogP contribution in [0.3, 0.4) is 0 Å². The summed E-state index contributed by atoms with van der Waals surface area (Å²) < 4.78 is 6.54. The maximum Gasteiger partial charge on any atom is 0.167 e. The summed E-state index contributed by atoms with van der Waals surface area (Å²) in [5, 5.41) is 9.66. The highest BCUT2D eigenvalue weighted by atomic mass is 16.5. The fourth-order valence-electron chi connectivity index (χ4n) is 6.45. The summed E-state index contributed by atoms with van der Waals surface area (Å²) in [4.78, 5) is 29.4. The summed E-state index contributed by atoms with van der Waals surface area (Å²) in [7, 11) is 0. The zero-order valence-electron chi connectivity index (χ0n) is 30.4. The summed E-state index contributed by atoms with van der Waals surface area (Å²) in [5.41, 5.74) is 7.44. The fourth-order valence-corrected chi connectivity index (χ4v) is 6.45. The van der Waals surface area contributed by atoms with Crippen LogP contribution in [0.2, 0.25) is 0 Å². The van der Waals surface area contributed by atoms with E-state index in [-0.39, 0.29) is 0 Å². The highest BCUT2D eigenvalue weighted by molar-refractivity contribution is 5.75. The molecule has 0 radical (unpaired) electrons. The Bertz CT molecular complexity index is 2800. The Labute approximate surface area is 329 Å². The smallest absolute Gasteiger partial charge is 0.167 e. The van der Waals surface area contributed by atoms with Gasteiger partial charge in [0.05, 0.1) is 17.2 Å². The number of nitrogens with zero attached hydrogens (tertiary/aromatic N) is 7. The number of para-hydroxylation sites is 1. The van der Waals surface area contributed by atoms with Crippen LogP contribution in [-0.2, 0) is 0 Å². The molecule has 0 saturated heterocycles. The van der Waals surface area contributed by atoms with E-state index in [0.717, 1.165) is 38.9 Å². The van der Waals surface area contributed by atoms with Crippen molar-refractivity contribution in [1.29, 1.82) is 5.26 Å². The van der Waals surface area contributed by atoms with Crippen molar-refractivity contribution >= 4 is 0 Å². The van der Waals surface area contributed by atoms with E-state index >= 15 is 0 Å². The Morgan fingerprint density at radius 3 is 1.14 bits per heavy atom. The topological polar surface area (TPSA) is 110 Å². The molecule has 0 aliphatic carbocycles. The summed E-state index contributed by atoms with van der Waals surface area (Å²) in [6.45, 7) is 0. The van der Waals surface area contributed by atoms with Gasteiger partial charge in [0.15, 0.2) is 34.9 Å². The minimum absolute atomic E-state index is 0.469. The van der Waals surface area contributed by atoms with Crippen molar-refractivity contribution in [2.75, 3.05) is 0 Å². The van der Waals surface area contributed by atoms with Crippen molar-refractivity contribution in [3.8, 4) is 97.0 Å². The van der Waals surface area contributed by atoms with Crippen LogP contribution in [0.25, 0.3) is 79.5 Å². The molecule has 268 valence electrons. The molecular weight excluding hydrogens is 703 g/mol. The molecule has 57 heavy (non-hydrogen) atoms. The third kappa shape index (κ3) is 7.49. The quantitative estimate of drug-likeness (QED) is 0.144. The van der Waals surface area contributed by atoms with Crippen LogP contribution in [0.4, 0.5) is 0 Å². The van der Waals surface area contributed by atoms with Crippen molar-refractivity contribution < 1.29 is 4.74 Å². The van der Waals surface area contributed by atoms with E-state index in [9.17, 15) is 5.26 Å². The lowest BCUT2D eigenvalue weighted by Gasteiger charge is -2.13. The van der Waals surface area contributed by atoms with Crippen LogP contribution in [0.5, 0.6) is 11.5 Å². The molecule has 0 saturated carbocycles. The maximum absolute atomic E-state index is 9.66. The first-order valence-corrected chi connectivity index (χ1v) is 18.3. The number of hydrogen-bond acceptors (Lipinski definition) is 8. The molecule has 8 heteroatoms. The van der Waals surface area contributed by atoms with Crippen LogP contribution in [-0.4, -0.2) is 29.9 Å². The number of nitriles is 1. The van der Waals surface area contributed by atoms with E-state index < -0.39 is 0 Å². The molecule has 0 bridgehead atoms. The van der Waals surface area contributed by atoms with Crippen molar-refractivity contribution in [3.63, 3.8) is 0 Å². The van der Waals surface area contributed by atoms with Gasteiger partial charge in [-0.2, -0.15) is 5.26 Å². The predicted octanol–water partition coefficient (Wildman–Crippen LogP) is 11.4. The van der Waals surface area contributed by atoms with Crippen molar-refractivity contribution in [1.82, 2.24) is 29.9 Å². The van der Waals surface area contributed by atoms with E-state index in [1.165, 1.54) is 0 Å². The second-order valence-electron chi connectivity index (χ2n) is 13.1. The van der Waals surface area contributed by atoms with Gasteiger partial charge >= 0.3 is 0 Å². The first kappa shape index (κ1) is 34.6. The molecule has 0 aliphatic rings. The van der Waals surface area contributed by atoms with Gasteiger partial charge in [-0.3, -0.25) is 0 Å². The van der Waals surface area contributed by atoms with Gasteiger partial charge in [0.25, 0.3) is 0 Å². The van der Waals surface area contributed by atoms with E-state index in [1.807, 2.05) is 188 Å². The lowest BCUT2D eigenvalue weighted by molar-refractivity contribution is 0.484. The van der Waals surface area contributed by atoms with E-state index in [0.29, 0.717) is 57.6 Å². The molecule has 2 heterocycles. The highest BCUT2D eigenvalue weighted by Crippen LogP contribution is 2.35. The van der Waals surface area contributed by atoms with Gasteiger partial charge in [-0.15, -0.1) is 0 Å². The minimum atomic E-state index is 0.469. The van der Waals surface area contributed by atoms with Crippen molar-refractivity contribution in [2.24, 2.45) is 0 Å². The highest BCUT2D eigenvalue weighted by Gasteiger charge is 2.17. The lowest BCUT2D eigenvalue weighted by Crippen LogP contribution is -2.01. The first-order valence-electron chi connectivity index (χ1n) is 18.3. The second kappa shape index (κ2) is 15.7. The first-order chi connectivity index (χ1) is 28.2. The largest absolute Gasteiger partial charge is 0.457 e. The van der Waals surface area contributed by atoms with E-state index in [1.54, 1.807) is 0 Å². The van der Waals surface area contributed by atoms with Gasteiger partial charge in [0.1, 0.15) is 11.5 Å². The van der Waals surface area contributed by atoms with Crippen LogP contribution in [0, 0.1) is 11.3 Å². The third-order valence-corrected chi connectivity index (χ3v) is 9.34. The summed E-state index contributed by atoms with van der Waals surface area (Å²) in [5.74, 6) is 4.48. The molecule has 0 atom stereocenters. The Morgan fingerprint density at radius 1 is 0.316 bits per heavy atom. The van der Waals surface area contributed by atoms with Gasteiger partial charge in [0, 0.05) is 27.8 Å². The summed E-state index contributed by atoms with van der Waals surface area (Å²) in [6, 6.07) is 62.8. The zero-order valence-corrected chi connectivity index (χ0v) is 30.4. The average molecular weight is 734 g/mol. The standard InChI is InChI=1S/C49H31N7O/c50-32-39-20-10-11-21-41(39)33-24-26-37(27-25-33)48-54-46(36-18-8-3-9-19-36)55-49(56-48)42-22-12-13-23-43(42)57-40-30-28-38(29-31-40)47-52-44(34-14-4-1-5-15-34)51-45(53-47)35-16-6-2-7-17-35/h1-31H. The van der Waals surface area contributed by atoms with Crippen molar-refractivity contribution in [3.05, 3.63) is 194 Å². The molecule has 2 aromatic heterocycles. The zero-order chi connectivity index (χ0) is 38.4. The number of benzene rings is 7. The minimum Gasteiger partial charge on any atom is -0.457 e. The summed E-state index contributed by atoms with van der Waals surface area (Å²) in [6.07, 6.45) is 0. The molecular formula is C49H31N7O. The van der Waals surface area contributed by atoms with Gasteiger partial charge < -0.3 is 4.74 Å². The van der Waals surface area contributed by atoms with Crippen LogP contribution < -0.4 is 4.74 Å².